The van der Waals surface area contributed by atoms with Crippen molar-refractivity contribution in [3.63, 3.8) is 0 Å². The quantitative estimate of drug-likeness (QED) is 0.195. The fourth-order valence-electron chi connectivity index (χ4n) is 9.68. The van der Waals surface area contributed by atoms with Crippen molar-refractivity contribution in [2.24, 2.45) is 46.3 Å². The Morgan fingerprint density at radius 1 is 1.00 bits per heavy atom. The van der Waals surface area contributed by atoms with Crippen molar-refractivity contribution >= 4 is 12.0 Å². The van der Waals surface area contributed by atoms with Crippen molar-refractivity contribution in [2.75, 3.05) is 0 Å². The maximum absolute atomic E-state index is 12.6. The predicted molar refractivity (Wildman–Crippen MR) is 158 cm³/mol. The standard InChI is InChI=1S/C36H52O2/c1-25(2)10-9-11-26(3)31-17-18-32-30-16-15-28-24-29(38-34(37)19-14-27-12-7-6-8-13-27)20-22-35(28,4)33(30)21-23-36(31,32)5/h6-8,12-15,19,25-26,29-33H,9-11,16-18,20-24H2,1-5H3/b19-14+/t26-,29+,30-,31+,32-,33-,35-,36+/m0/s1. The van der Waals surface area contributed by atoms with E-state index in [0.717, 1.165) is 53.9 Å². The van der Waals surface area contributed by atoms with Crippen LogP contribution in [0.4, 0.5) is 0 Å². The van der Waals surface area contributed by atoms with E-state index >= 15 is 0 Å². The molecule has 3 saturated carbocycles. The van der Waals surface area contributed by atoms with Gasteiger partial charge >= 0.3 is 5.97 Å². The average molecular weight is 517 g/mol. The molecule has 0 aromatic heterocycles. The molecule has 5 rings (SSSR count). The SMILES string of the molecule is CC(C)CCC[C@H](C)[C@H]1CC[C@H]2[C@@H]3CC=C4C[C@H](OC(=O)/C=C/c5ccccc5)CC[C@]4(C)[C@H]3CC[C@]12C. The maximum Gasteiger partial charge on any atom is 0.331 e. The number of hydrogen-bond acceptors (Lipinski definition) is 2. The lowest BCUT2D eigenvalue weighted by atomic mass is 9.47. The summed E-state index contributed by atoms with van der Waals surface area (Å²) in [6.45, 7) is 12.6. The van der Waals surface area contributed by atoms with Gasteiger partial charge in [0.2, 0.25) is 0 Å². The maximum atomic E-state index is 12.6. The summed E-state index contributed by atoms with van der Waals surface area (Å²) in [4.78, 5) is 12.6. The van der Waals surface area contributed by atoms with Crippen molar-refractivity contribution in [2.45, 2.75) is 111 Å². The van der Waals surface area contributed by atoms with Gasteiger partial charge in [-0.25, -0.2) is 4.79 Å². The Balaban J connectivity index is 1.22. The Bertz CT molecular complexity index is 1020. The smallest absolute Gasteiger partial charge is 0.331 e. The van der Waals surface area contributed by atoms with Gasteiger partial charge in [-0.15, -0.1) is 0 Å². The zero-order valence-corrected chi connectivity index (χ0v) is 24.8. The third-order valence-electron chi connectivity index (χ3n) is 11.8. The summed E-state index contributed by atoms with van der Waals surface area (Å²) in [5.41, 5.74) is 3.46. The van der Waals surface area contributed by atoms with Crippen LogP contribution in [0.3, 0.4) is 0 Å². The highest BCUT2D eigenvalue weighted by Gasteiger charge is 2.59. The number of hydrogen-bond donors (Lipinski definition) is 0. The van der Waals surface area contributed by atoms with Gasteiger partial charge in [-0.3, -0.25) is 0 Å². The average Bonchev–Trinajstić information content (AvgIpc) is 3.25. The Morgan fingerprint density at radius 3 is 2.55 bits per heavy atom. The Hall–Kier alpha value is -1.83. The number of allylic oxidation sites excluding steroid dienone is 1. The number of carbonyl (C=O) groups excluding carboxylic acids is 1. The lowest BCUT2D eigenvalue weighted by Gasteiger charge is -2.58. The molecule has 8 atom stereocenters. The monoisotopic (exact) mass is 516 g/mol. The first-order chi connectivity index (χ1) is 18.2. The van der Waals surface area contributed by atoms with Gasteiger partial charge in [-0.1, -0.05) is 95.9 Å². The molecule has 3 fully saturated rings. The number of esters is 1. The third-order valence-corrected chi connectivity index (χ3v) is 11.8. The summed E-state index contributed by atoms with van der Waals surface area (Å²) in [5.74, 6) is 4.97. The van der Waals surface area contributed by atoms with E-state index in [9.17, 15) is 4.79 Å². The number of benzene rings is 1. The van der Waals surface area contributed by atoms with Gasteiger partial charge in [0.1, 0.15) is 6.10 Å². The van der Waals surface area contributed by atoms with E-state index in [1.54, 1.807) is 11.6 Å². The minimum Gasteiger partial charge on any atom is -0.459 e. The van der Waals surface area contributed by atoms with Gasteiger partial charge in [0.15, 0.2) is 0 Å². The summed E-state index contributed by atoms with van der Waals surface area (Å²) < 4.78 is 5.95. The molecule has 1 aromatic rings. The van der Waals surface area contributed by atoms with Gasteiger partial charge in [0.25, 0.3) is 0 Å². The van der Waals surface area contributed by atoms with Gasteiger partial charge in [0, 0.05) is 12.5 Å². The third kappa shape index (κ3) is 5.44. The van der Waals surface area contributed by atoms with E-state index in [1.807, 2.05) is 36.4 Å². The fraction of sp³-hybridized carbons (Fsp3) is 0.694. The van der Waals surface area contributed by atoms with Crippen LogP contribution in [0.1, 0.15) is 111 Å². The fourth-order valence-corrected chi connectivity index (χ4v) is 9.68. The molecule has 1 aromatic carbocycles. The van der Waals surface area contributed by atoms with Crippen LogP contribution in [0.15, 0.2) is 48.1 Å². The van der Waals surface area contributed by atoms with Crippen molar-refractivity contribution < 1.29 is 9.53 Å². The molecule has 0 unspecified atom stereocenters. The van der Waals surface area contributed by atoms with Crippen molar-refractivity contribution in [1.29, 1.82) is 0 Å². The molecule has 0 bridgehead atoms. The number of ether oxygens (including phenoxy) is 1. The van der Waals surface area contributed by atoms with Gasteiger partial charge in [-0.2, -0.15) is 0 Å². The first kappa shape index (κ1) is 27.7. The van der Waals surface area contributed by atoms with E-state index in [-0.39, 0.29) is 12.1 Å². The Labute approximate surface area is 232 Å². The summed E-state index contributed by atoms with van der Waals surface area (Å²) >= 11 is 0. The number of rotatable bonds is 8. The first-order valence-electron chi connectivity index (χ1n) is 15.8. The zero-order chi connectivity index (χ0) is 26.9. The highest BCUT2D eigenvalue weighted by molar-refractivity contribution is 5.87. The van der Waals surface area contributed by atoms with Crippen molar-refractivity contribution in [1.82, 2.24) is 0 Å². The summed E-state index contributed by atoms with van der Waals surface area (Å²) in [7, 11) is 0. The summed E-state index contributed by atoms with van der Waals surface area (Å²) in [5, 5.41) is 0. The molecule has 2 heteroatoms. The second kappa shape index (κ2) is 11.3. The summed E-state index contributed by atoms with van der Waals surface area (Å²) in [6, 6.07) is 9.99. The van der Waals surface area contributed by atoms with E-state index in [2.05, 4.69) is 40.7 Å². The number of fused-ring (bicyclic) bond motifs is 5. The lowest BCUT2D eigenvalue weighted by Crippen LogP contribution is -2.51. The van der Waals surface area contributed by atoms with Gasteiger partial charge < -0.3 is 4.74 Å². The second-order valence-electron chi connectivity index (χ2n) is 14.3. The topological polar surface area (TPSA) is 26.3 Å². The van der Waals surface area contributed by atoms with Crippen molar-refractivity contribution in [3.8, 4) is 0 Å². The molecule has 38 heavy (non-hydrogen) atoms. The summed E-state index contributed by atoms with van der Waals surface area (Å²) in [6.07, 6.45) is 20.3. The molecule has 208 valence electrons. The van der Waals surface area contributed by atoms with Crippen LogP contribution < -0.4 is 0 Å². The minimum atomic E-state index is -0.204. The van der Waals surface area contributed by atoms with Crippen LogP contribution >= 0.6 is 0 Å². The van der Waals surface area contributed by atoms with Crippen LogP contribution in [0.5, 0.6) is 0 Å². The van der Waals surface area contributed by atoms with Crippen LogP contribution in [0.25, 0.3) is 6.08 Å². The molecule has 4 aliphatic carbocycles. The van der Waals surface area contributed by atoms with Crippen LogP contribution in [0.2, 0.25) is 0 Å². The largest absolute Gasteiger partial charge is 0.459 e. The normalized spacial score (nSPS) is 37.3. The van der Waals surface area contributed by atoms with E-state index in [0.29, 0.717) is 10.8 Å². The number of carbonyl (C=O) groups is 1. The van der Waals surface area contributed by atoms with Gasteiger partial charge in [-0.05, 0) is 103 Å². The van der Waals surface area contributed by atoms with Crippen LogP contribution in [-0.4, -0.2) is 12.1 Å². The molecule has 0 radical (unpaired) electrons. The molecule has 0 heterocycles. The predicted octanol–water partition coefficient (Wildman–Crippen LogP) is 9.65. The highest BCUT2D eigenvalue weighted by Crippen LogP contribution is 2.67. The highest BCUT2D eigenvalue weighted by atomic mass is 16.5. The van der Waals surface area contributed by atoms with E-state index < -0.39 is 0 Å². The Morgan fingerprint density at radius 2 is 1.79 bits per heavy atom. The minimum absolute atomic E-state index is 0.0233. The molecule has 0 aliphatic heterocycles. The second-order valence-corrected chi connectivity index (χ2v) is 14.3. The molecular weight excluding hydrogens is 464 g/mol. The molecule has 2 nitrogen and oxygen atoms in total. The molecular formula is C36H52O2. The molecule has 0 amide bonds. The first-order valence-corrected chi connectivity index (χ1v) is 15.8. The van der Waals surface area contributed by atoms with Crippen LogP contribution in [-0.2, 0) is 9.53 Å². The van der Waals surface area contributed by atoms with Crippen LogP contribution in [0, 0.1) is 46.3 Å². The molecule has 4 aliphatic rings. The zero-order valence-electron chi connectivity index (χ0n) is 24.8. The molecule has 0 N–H and O–H groups in total. The molecule has 0 spiro atoms. The molecule has 0 saturated heterocycles. The van der Waals surface area contributed by atoms with E-state index in [4.69, 9.17) is 4.74 Å². The van der Waals surface area contributed by atoms with Gasteiger partial charge in [0.05, 0.1) is 0 Å². The van der Waals surface area contributed by atoms with Crippen molar-refractivity contribution in [3.05, 3.63) is 53.6 Å². The lowest BCUT2D eigenvalue weighted by molar-refractivity contribution is -0.145. The van der Waals surface area contributed by atoms with E-state index in [1.165, 1.54) is 57.8 Å². The Kier molecular flexibility index (Phi) is 8.28.